The van der Waals surface area contributed by atoms with Gasteiger partial charge in [-0.3, -0.25) is 4.79 Å². The van der Waals surface area contributed by atoms with Gasteiger partial charge in [-0.05, 0) is 56.7 Å². The summed E-state index contributed by atoms with van der Waals surface area (Å²) in [7, 11) is 0. The van der Waals surface area contributed by atoms with Crippen LogP contribution in [0, 0.1) is 26.6 Å². The highest BCUT2D eigenvalue weighted by atomic mass is 19.1. The summed E-state index contributed by atoms with van der Waals surface area (Å²) < 4.78 is 19.7. The van der Waals surface area contributed by atoms with Crippen LogP contribution in [0.3, 0.4) is 0 Å². The molecule has 2 aromatic heterocycles. The predicted molar refractivity (Wildman–Crippen MR) is 110 cm³/mol. The van der Waals surface area contributed by atoms with Crippen molar-refractivity contribution in [2.75, 3.05) is 5.32 Å². The molecule has 0 aliphatic rings. The number of aromatic nitrogens is 4. The quantitative estimate of drug-likeness (QED) is 0.538. The van der Waals surface area contributed by atoms with Crippen molar-refractivity contribution in [2.24, 2.45) is 0 Å². The van der Waals surface area contributed by atoms with Crippen LogP contribution < -0.4 is 10.1 Å². The first kappa shape index (κ1) is 19.4. The van der Waals surface area contributed by atoms with E-state index in [2.05, 4.69) is 25.3 Å². The Morgan fingerprint density at radius 2 is 1.73 bits per heavy atom. The van der Waals surface area contributed by atoms with Crippen molar-refractivity contribution in [2.45, 2.75) is 20.8 Å². The van der Waals surface area contributed by atoms with Crippen LogP contribution in [0.15, 0.2) is 48.8 Å². The van der Waals surface area contributed by atoms with Crippen LogP contribution in [-0.2, 0) is 0 Å². The van der Waals surface area contributed by atoms with Gasteiger partial charge in [-0.2, -0.15) is 0 Å². The Morgan fingerprint density at radius 3 is 2.47 bits per heavy atom. The highest BCUT2D eigenvalue weighted by molar-refractivity contribution is 6.11. The van der Waals surface area contributed by atoms with Crippen LogP contribution in [0.1, 0.15) is 27.3 Å². The van der Waals surface area contributed by atoms with Crippen molar-refractivity contribution in [3.63, 3.8) is 0 Å². The molecule has 0 saturated heterocycles. The van der Waals surface area contributed by atoms with Gasteiger partial charge in [0.15, 0.2) is 0 Å². The molecule has 0 atom stereocenters. The molecule has 1 amide bonds. The van der Waals surface area contributed by atoms with E-state index in [1.54, 1.807) is 50.5 Å². The number of nitrogens with zero attached hydrogens (tertiary/aromatic N) is 4. The normalized spacial score (nSPS) is 10.8. The number of amides is 1. The molecule has 0 fully saturated rings. The standard InChI is InChI=1S/C22H18FN5O2/c1-12-9-16(30-22-24-7-4-8-25-22)5-6-18(12)28-21(29)17-10-15(23)11-19-20(17)27-14(3)13(2)26-19/h4-11H,1-3H3,(H,28,29). The third kappa shape index (κ3) is 3.93. The first-order valence-corrected chi connectivity index (χ1v) is 9.22. The molecule has 0 aliphatic carbocycles. The van der Waals surface area contributed by atoms with E-state index < -0.39 is 11.7 Å². The van der Waals surface area contributed by atoms with E-state index in [0.29, 0.717) is 33.9 Å². The van der Waals surface area contributed by atoms with Crippen LogP contribution in [0.4, 0.5) is 10.1 Å². The Morgan fingerprint density at radius 1 is 1.00 bits per heavy atom. The van der Waals surface area contributed by atoms with Crippen molar-refractivity contribution < 1.29 is 13.9 Å². The molecule has 2 heterocycles. The number of aryl methyl sites for hydroxylation is 3. The molecule has 4 aromatic rings. The number of hydrogen-bond acceptors (Lipinski definition) is 6. The lowest BCUT2D eigenvalue weighted by molar-refractivity contribution is 0.102. The maximum Gasteiger partial charge on any atom is 0.321 e. The fraction of sp³-hybridized carbons (Fsp3) is 0.136. The summed E-state index contributed by atoms with van der Waals surface area (Å²) in [5.41, 5.74) is 3.52. The first-order valence-electron chi connectivity index (χ1n) is 9.22. The molecule has 0 unspecified atom stereocenters. The van der Waals surface area contributed by atoms with E-state index in [-0.39, 0.29) is 11.6 Å². The van der Waals surface area contributed by atoms with E-state index in [0.717, 1.165) is 5.56 Å². The van der Waals surface area contributed by atoms with Gasteiger partial charge < -0.3 is 10.1 Å². The summed E-state index contributed by atoms with van der Waals surface area (Å²) in [5.74, 6) is -0.487. The molecule has 2 aromatic carbocycles. The molecular weight excluding hydrogens is 385 g/mol. The number of halogens is 1. The van der Waals surface area contributed by atoms with Gasteiger partial charge in [0, 0.05) is 24.1 Å². The average Bonchev–Trinajstić information content (AvgIpc) is 2.71. The summed E-state index contributed by atoms with van der Waals surface area (Å²) in [5, 5.41) is 2.81. The molecule has 0 radical (unpaired) electrons. The third-order valence-corrected chi connectivity index (χ3v) is 4.59. The molecule has 0 saturated carbocycles. The van der Waals surface area contributed by atoms with Gasteiger partial charge in [0.2, 0.25) is 0 Å². The van der Waals surface area contributed by atoms with Crippen molar-refractivity contribution in [3.05, 3.63) is 77.1 Å². The predicted octanol–water partition coefficient (Wildman–Crippen LogP) is 4.53. The fourth-order valence-corrected chi connectivity index (χ4v) is 2.94. The molecule has 7 nitrogen and oxygen atoms in total. The van der Waals surface area contributed by atoms with Crippen LogP contribution in [0.2, 0.25) is 0 Å². The number of fused-ring (bicyclic) bond motifs is 1. The Hall–Kier alpha value is -3.94. The second-order valence-electron chi connectivity index (χ2n) is 6.78. The molecular formula is C22H18FN5O2. The molecule has 150 valence electrons. The van der Waals surface area contributed by atoms with Crippen LogP contribution in [0.25, 0.3) is 11.0 Å². The summed E-state index contributed by atoms with van der Waals surface area (Å²) in [6, 6.07) is 9.51. The number of hydrogen-bond donors (Lipinski definition) is 1. The largest absolute Gasteiger partial charge is 0.424 e. The van der Waals surface area contributed by atoms with E-state index >= 15 is 0 Å². The summed E-state index contributed by atoms with van der Waals surface area (Å²) in [6.07, 6.45) is 3.17. The Kier molecular flexibility index (Phi) is 5.05. The highest BCUT2D eigenvalue weighted by Gasteiger charge is 2.17. The fourth-order valence-electron chi connectivity index (χ4n) is 2.94. The lowest BCUT2D eigenvalue weighted by Gasteiger charge is -2.12. The lowest BCUT2D eigenvalue weighted by Crippen LogP contribution is -2.15. The molecule has 4 rings (SSSR count). The van der Waals surface area contributed by atoms with E-state index in [1.165, 1.54) is 12.1 Å². The van der Waals surface area contributed by atoms with Gasteiger partial charge in [-0.15, -0.1) is 0 Å². The maximum atomic E-state index is 14.1. The van der Waals surface area contributed by atoms with E-state index in [1.807, 2.05) is 6.92 Å². The van der Waals surface area contributed by atoms with Crippen molar-refractivity contribution in [1.29, 1.82) is 0 Å². The average molecular weight is 403 g/mol. The number of nitrogens with one attached hydrogen (secondary N) is 1. The number of ether oxygens (including phenoxy) is 1. The van der Waals surface area contributed by atoms with Gasteiger partial charge in [-0.25, -0.2) is 24.3 Å². The first-order chi connectivity index (χ1) is 14.4. The maximum absolute atomic E-state index is 14.1. The molecule has 0 spiro atoms. The molecule has 1 N–H and O–H groups in total. The number of carbonyl (C=O) groups excluding carboxylic acids is 1. The van der Waals surface area contributed by atoms with E-state index in [9.17, 15) is 9.18 Å². The van der Waals surface area contributed by atoms with Gasteiger partial charge in [0.1, 0.15) is 17.1 Å². The molecule has 8 heteroatoms. The number of rotatable bonds is 4. The van der Waals surface area contributed by atoms with Crippen LogP contribution >= 0.6 is 0 Å². The Labute approximate surface area is 172 Å². The monoisotopic (exact) mass is 403 g/mol. The Balaban J connectivity index is 1.62. The minimum absolute atomic E-state index is 0.123. The van der Waals surface area contributed by atoms with Gasteiger partial charge in [0.05, 0.1) is 22.5 Å². The topological polar surface area (TPSA) is 89.9 Å². The highest BCUT2D eigenvalue weighted by Crippen LogP contribution is 2.26. The zero-order valence-corrected chi connectivity index (χ0v) is 16.6. The summed E-state index contributed by atoms with van der Waals surface area (Å²) in [6.45, 7) is 5.41. The summed E-state index contributed by atoms with van der Waals surface area (Å²) >= 11 is 0. The van der Waals surface area contributed by atoms with Gasteiger partial charge in [0.25, 0.3) is 5.91 Å². The van der Waals surface area contributed by atoms with Crippen molar-refractivity contribution >= 4 is 22.6 Å². The van der Waals surface area contributed by atoms with Crippen LogP contribution in [-0.4, -0.2) is 25.8 Å². The number of anilines is 1. The minimum Gasteiger partial charge on any atom is -0.424 e. The second-order valence-corrected chi connectivity index (χ2v) is 6.78. The summed E-state index contributed by atoms with van der Waals surface area (Å²) in [4.78, 5) is 29.7. The van der Waals surface area contributed by atoms with Crippen LogP contribution in [0.5, 0.6) is 11.8 Å². The minimum atomic E-state index is -0.548. The lowest BCUT2D eigenvalue weighted by atomic mass is 10.1. The number of carbonyl (C=O) groups is 1. The van der Waals surface area contributed by atoms with Gasteiger partial charge in [-0.1, -0.05) is 0 Å². The number of benzene rings is 2. The van der Waals surface area contributed by atoms with E-state index in [4.69, 9.17) is 4.74 Å². The molecule has 0 aliphatic heterocycles. The Bertz CT molecular complexity index is 1260. The van der Waals surface area contributed by atoms with Gasteiger partial charge >= 0.3 is 6.01 Å². The third-order valence-electron chi connectivity index (χ3n) is 4.59. The molecule has 0 bridgehead atoms. The van der Waals surface area contributed by atoms with Crippen molar-refractivity contribution in [1.82, 2.24) is 19.9 Å². The zero-order chi connectivity index (χ0) is 21.3. The SMILES string of the molecule is Cc1cc(Oc2ncccn2)ccc1NC(=O)c1cc(F)cc2nc(C)c(C)nc12. The second kappa shape index (κ2) is 7.82. The smallest absolute Gasteiger partial charge is 0.321 e. The zero-order valence-electron chi connectivity index (χ0n) is 16.6. The molecule has 30 heavy (non-hydrogen) atoms. The van der Waals surface area contributed by atoms with Crippen molar-refractivity contribution in [3.8, 4) is 11.8 Å².